The van der Waals surface area contributed by atoms with Gasteiger partial charge in [-0.05, 0) is 18.6 Å². The minimum absolute atomic E-state index is 0.0717. The van der Waals surface area contributed by atoms with E-state index >= 15 is 0 Å². The van der Waals surface area contributed by atoms with Crippen LogP contribution >= 0.6 is 0 Å². The van der Waals surface area contributed by atoms with Crippen molar-refractivity contribution in [2.75, 3.05) is 28.4 Å². The van der Waals surface area contributed by atoms with Gasteiger partial charge in [0.15, 0.2) is 23.0 Å². The molecule has 2 N–H and O–H groups in total. The van der Waals surface area contributed by atoms with Gasteiger partial charge in [0.05, 0.1) is 61.9 Å². The fourth-order valence-corrected chi connectivity index (χ4v) is 4.15. The number of aromatic nitrogens is 1. The van der Waals surface area contributed by atoms with Crippen molar-refractivity contribution in [2.45, 2.75) is 19.1 Å². The smallest absolute Gasteiger partial charge is 0.204 e. The molecule has 0 saturated carbocycles. The van der Waals surface area contributed by atoms with E-state index in [4.69, 9.17) is 18.9 Å². The third-order valence-electron chi connectivity index (χ3n) is 5.27. The van der Waals surface area contributed by atoms with Crippen molar-refractivity contribution >= 4 is 21.8 Å². The first-order valence-electron chi connectivity index (χ1n) is 8.76. The summed E-state index contributed by atoms with van der Waals surface area (Å²) in [6.07, 6.45) is -0.456. The van der Waals surface area contributed by atoms with Crippen molar-refractivity contribution in [3.05, 3.63) is 27.9 Å². The van der Waals surface area contributed by atoms with E-state index in [2.05, 4.69) is 0 Å². The molecule has 1 aliphatic rings. The molecule has 4 rings (SSSR count). The molecule has 2 aromatic carbocycles. The number of ether oxygens (including phenoxy) is 4. The zero-order valence-electron chi connectivity index (χ0n) is 16.0. The summed E-state index contributed by atoms with van der Waals surface area (Å²) < 4.78 is 23.8. The minimum atomic E-state index is -0.850. The fourth-order valence-electron chi connectivity index (χ4n) is 4.15. The van der Waals surface area contributed by atoms with E-state index in [9.17, 15) is 15.0 Å². The number of nitrogens with zero attached hydrogens (tertiary/aromatic N) is 1. The van der Waals surface area contributed by atoms with E-state index in [1.54, 1.807) is 6.07 Å². The van der Waals surface area contributed by atoms with Crippen LogP contribution in [-0.4, -0.2) is 43.2 Å². The van der Waals surface area contributed by atoms with Crippen molar-refractivity contribution in [1.82, 2.24) is 4.57 Å². The quantitative estimate of drug-likeness (QED) is 0.663. The largest absolute Gasteiger partial charge is 0.504 e. The molecule has 1 aromatic heterocycles. The van der Waals surface area contributed by atoms with E-state index < -0.39 is 6.10 Å². The monoisotopic (exact) mass is 387 g/mol. The summed E-state index contributed by atoms with van der Waals surface area (Å²) in [5.74, 6) is 0.929. The van der Waals surface area contributed by atoms with Gasteiger partial charge in [-0.2, -0.15) is 0 Å². The molecule has 1 atom stereocenters. The lowest BCUT2D eigenvalue weighted by atomic mass is 9.94. The summed E-state index contributed by atoms with van der Waals surface area (Å²) in [5.41, 5.74) is 1.08. The average molecular weight is 387 g/mol. The van der Waals surface area contributed by atoms with Crippen LogP contribution in [0.25, 0.3) is 21.8 Å². The number of fused-ring (bicyclic) bond motifs is 2. The summed E-state index contributed by atoms with van der Waals surface area (Å²) >= 11 is 0. The standard InChI is InChI=1S/C20H21NO7/c1-25-17-11(23)6-5-9-14(17)21-8-7-10(22)12-15(21)13(16(9)24)19(27-3)20(28-4)18(12)26-2/h5-6,10,22-23H,7-8H2,1-4H3. The van der Waals surface area contributed by atoms with Gasteiger partial charge in [-0.15, -0.1) is 0 Å². The summed E-state index contributed by atoms with van der Waals surface area (Å²) in [6.45, 7) is 0.417. The Morgan fingerprint density at radius 3 is 2.18 bits per heavy atom. The average Bonchev–Trinajstić information content (AvgIpc) is 2.71. The summed E-state index contributed by atoms with van der Waals surface area (Å²) in [7, 11) is 5.81. The summed E-state index contributed by atoms with van der Waals surface area (Å²) in [6, 6.07) is 2.98. The summed E-state index contributed by atoms with van der Waals surface area (Å²) in [5, 5.41) is 21.7. The zero-order chi connectivity index (χ0) is 20.2. The van der Waals surface area contributed by atoms with Crippen LogP contribution in [0.5, 0.6) is 28.7 Å². The maximum Gasteiger partial charge on any atom is 0.204 e. The van der Waals surface area contributed by atoms with E-state index in [0.29, 0.717) is 40.7 Å². The number of methoxy groups -OCH3 is 4. The predicted octanol–water partition coefficient (Wildman–Crippen LogP) is 2.33. The van der Waals surface area contributed by atoms with Gasteiger partial charge >= 0.3 is 0 Å². The second-order valence-corrected chi connectivity index (χ2v) is 6.54. The topological polar surface area (TPSA) is 99.4 Å². The molecule has 3 aromatic rings. The van der Waals surface area contributed by atoms with Gasteiger partial charge in [-0.1, -0.05) is 0 Å². The Labute approximate surface area is 160 Å². The van der Waals surface area contributed by atoms with Crippen LogP contribution < -0.4 is 24.4 Å². The molecule has 8 nitrogen and oxygen atoms in total. The fraction of sp³-hybridized carbons (Fsp3) is 0.350. The molecule has 1 aliphatic heterocycles. The Kier molecular flexibility index (Phi) is 4.23. The molecule has 0 radical (unpaired) electrons. The highest BCUT2D eigenvalue weighted by molar-refractivity contribution is 6.03. The van der Waals surface area contributed by atoms with Gasteiger partial charge in [-0.3, -0.25) is 4.79 Å². The number of aliphatic hydroxyl groups excluding tert-OH is 1. The molecule has 0 aliphatic carbocycles. The zero-order valence-corrected chi connectivity index (χ0v) is 16.0. The van der Waals surface area contributed by atoms with Gasteiger partial charge in [0.2, 0.25) is 11.2 Å². The number of pyridine rings is 1. The minimum Gasteiger partial charge on any atom is -0.504 e. The van der Waals surface area contributed by atoms with Gasteiger partial charge in [-0.25, -0.2) is 0 Å². The van der Waals surface area contributed by atoms with Crippen molar-refractivity contribution in [3.63, 3.8) is 0 Å². The highest BCUT2D eigenvalue weighted by Crippen LogP contribution is 2.51. The number of aliphatic hydroxyl groups is 1. The molecule has 0 fully saturated rings. The van der Waals surface area contributed by atoms with E-state index in [0.717, 1.165) is 0 Å². The number of hydrogen-bond donors (Lipinski definition) is 2. The molecule has 0 bridgehead atoms. The Hall–Kier alpha value is -3.13. The number of phenolic OH excluding ortho intramolecular Hbond substituents is 1. The second-order valence-electron chi connectivity index (χ2n) is 6.54. The maximum absolute atomic E-state index is 13.5. The van der Waals surface area contributed by atoms with E-state index in [-0.39, 0.29) is 33.8 Å². The van der Waals surface area contributed by atoms with Crippen molar-refractivity contribution in [2.24, 2.45) is 0 Å². The Morgan fingerprint density at radius 1 is 0.929 bits per heavy atom. The molecular weight excluding hydrogens is 366 g/mol. The lowest BCUT2D eigenvalue weighted by Gasteiger charge is -2.29. The first-order valence-corrected chi connectivity index (χ1v) is 8.76. The lowest BCUT2D eigenvalue weighted by molar-refractivity contribution is 0.152. The highest BCUT2D eigenvalue weighted by atomic mass is 16.5. The molecular formula is C20H21NO7. The Morgan fingerprint density at radius 2 is 1.57 bits per heavy atom. The predicted molar refractivity (Wildman–Crippen MR) is 103 cm³/mol. The van der Waals surface area contributed by atoms with Crippen LogP contribution in [0.3, 0.4) is 0 Å². The van der Waals surface area contributed by atoms with Crippen LogP contribution in [0.15, 0.2) is 16.9 Å². The first kappa shape index (κ1) is 18.2. The van der Waals surface area contributed by atoms with E-state index in [1.165, 1.54) is 34.5 Å². The van der Waals surface area contributed by atoms with Crippen LogP contribution in [-0.2, 0) is 6.54 Å². The molecule has 28 heavy (non-hydrogen) atoms. The number of phenols is 1. The lowest BCUT2D eigenvalue weighted by Crippen LogP contribution is -2.22. The van der Waals surface area contributed by atoms with Crippen LogP contribution in [0, 0.1) is 0 Å². The second kappa shape index (κ2) is 6.49. The van der Waals surface area contributed by atoms with Crippen molar-refractivity contribution in [3.8, 4) is 28.7 Å². The highest BCUT2D eigenvalue weighted by Gasteiger charge is 2.33. The first-order chi connectivity index (χ1) is 13.5. The summed E-state index contributed by atoms with van der Waals surface area (Å²) in [4.78, 5) is 13.5. The number of benzene rings is 2. The van der Waals surface area contributed by atoms with Gasteiger partial charge in [0.1, 0.15) is 0 Å². The van der Waals surface area contributed by atoms with Crippen LogP contribution in [0.2, 0.25) is 0 Å². The van der Waals surface area contributed by atoms with Gasteiger partial charge < -0.3 is 33.7 Å². The van der Waals surface area contributed by atoms with Gasteiger partial charge in [0.25, 0.3) is 0 Å². The number of aromatic hydroxyl groups is 1. The maximum atomic E-state index is 13.5. The SMILES string of the molecule is COc1c(OC)c2c3c(c1OC)c(=O)c1ccc(O)c(OC)c1n3CCC2O. The Balaban J connectivity index is 2.40. The molecule has 0 amide bonds. The normalized spacial score (nSPS) is 15.7. The third kappa shape index (κ3) is 2.18. The molecule has 1 unspecified atom stereocenters. The van der Waals surface area contributed by atoms with Crippen molar-refractivity contribution in [1.29, 1.82) is 0 Å². The number of hydrogen-bond acceptors (Lipinski definition) is 7. The van der Waals surface area contributed by atoms with Crippen molar-refractivity contribution < 1.29 is 29.2 Å². The van der Waals surface area contributed by atoms with Crippen LogP contribution in [0.4, 0.5) is 0 Å². The number of rotatable bonds is 4. The number of aryl methyl sites for hydroxylation is 1. The Bertz CT molecular complexity index is 1170. The third-order valence-corrected chi connectivity index (χ3v) is 5.27. The van der Waals surface area contributed by atoms with E-state index in [1.807, 2.05) is 4.57 Å². The molecule has 148 valence electrons. The van der Waals surface area contributed by atoms with Crippen LogP contribution in [0.1, 0.15) is 18.1 Å². The van der Waals surface area contributed by atoms with Gasteiger partial charge in [0, 0.05) is 6.54 Å². The molecule has 0 spiro atoms. The molecule has 2 heterocycles. The molecule has 0 saturated heterocycles. The molecule has 8 heteroatoms.